The van der Waals surface area contributed by atoms with Crippen molar-refractivity contribution in [1.82, 2.24) is 5.32 Å². The van der Waals surface area contributed by atoms with Crippen molar-refractivity contribution in [3.8, 4) is 11.5 Å². The quantitative estimate of drug-likeness (QED) is 0.890. The van der Waals surface area contributed by atoms with Gasteiger partial charge in [0.2, 0.25) is 0 Å². The highest BCUT2D eigenvalue weighted by atomic mass is 32.1. The van der Waals surface area contributed by atoms with E-state index in [2.05, 4.69) is 5.32 Å². The van der Waals surface area contributed by atoms with E-state index in [1.165, 1.54) is 7.11 Å². The van der Waals surface area contributed by atoms with Crippen molar-refractivity contribution in [2.24, 2.45) is 0 Å². The molecule has 0 saturated carbocycles. The Bertz CT molecular complexity index is 537. The summed E-state index contributed by atoms with van der Waals surface area (Å²) in [5.74, 6) is -0.165. The zero-order valence-electron chi connectivity index (χ0n) is 9.84. The van der Waals surface area contributed by atoms with Crippen molar-refractivity contribution >= 4 is 17.2 Å². The monoisotopic (exact) mass is 263 g/mol. The molecule has 1 aromatic carbocycles. The molecule has 0 saturated heterocycles. The first-order valence-electron chi connectivity index (χ1n) is 5.39. The van der Waals surface area contributed by atoms with E-state index in [9.17, 15) is 9.90 Å². The lowest BCUT2D eigenvalue weighted by Crippen LogP contribution is -2.22. The summed E-state index contributed by atoms with van der Waals surface area (Å²) in [6, 6.07) is 8.69. The average molecular weight is 263 g/mol. The van der Waals surface area contributed by atoms with Crippen LogP contribution >= 0.6 is 11.3 Å². The molecule has 0 aliphatic carbocycles. The summed E-state index contributed by atoms with van der Waals surface area (Å²) < 4.78 is 4.96. The van der Waals surface area contributed by atoms with Gasteiger partial charge in [0.05, 0.1) is 19.2 Å². The Balaban J connectivity index is 2.09. The first-order valence-corrected chi connectivity index (χ1v) is 6.27. The maximum Gasteiger partial charge on any atom is 0.255 e. The lowest BCUT2D eigenvalue weighted by atomic mass is 10.1. The van der Waals surface area contributed by atoms with Crippen LogP contribution in [0.5, 0.6) is 11.5 Å². The number of nitrogens with one attached hydrogen (secondary N) is 1. The molecule has 1 heterocycles. The van der Waals surface area contributed by atoms with E-state index >= 15 is 0 Å². The fourth-order valence-corrected chi connectivity index (χ4v) is 2.19. The predicted molar refractivity (Wildman–Crippen MR) is 70.1 cm³/mol. The van der Waals surface area contributed by atoms with Gasteiger partial charge in [0.1, 0.15) is 0 Å². The van der Waals surface area contributed by atoms with Gasteiger partial charge in [-0.3, -0.25) is 4.79 Å². The van der Waals surface area contributed by atoms with Gasteiger partial charge in [0.15, 0.2) is 11.5 Å². The number of methoxy groups -OCH3 is 1. The van der Waals surface area contributed by atoms with Gasteiger partial charge >= 0.3 is 0 Å². The number of carbonyl (C=O) groups excluding carboxylic acids is 1. The smallest absolute Gasteiger partial charge is 0.255 e. The third-order valence-electron chi connectivity index (χ3n) is 2.47. The number of phenols is 1. The van der Waals surface area contributed by atoms with Crippen molar-refractivity contribution in [3.63, 3.8) is 0 Å². The van der Waals surface area contributed by atoms with Crippen molar-refractivity contribution in [1.29, 1.82) is 0 Å². The van der Waals surface area contributed by atoms with E-state index < -0.39 is 0 Å². The van der Waals surface area contributed by atoms with E-state index in [0.717, 1.165) is 4.88 Å². The second kappa shape index (κ2) is 5.55. The van der Waals surface area contributed by atoms with Gasteiger partial charge < -0.3 is 15.2 Å². The molecule has 0 bridgehead atoms. The summed E-state index contributed by atoms with van der Waals surface area (Å²) in [7, 11) is 1.45. The number of ether oxygens (including phenoxy) is 1. The third kappa shape index (κ3) is 2.62. The number of rotatable bonds is 4. The highest BCUT2D eigenvalue weighted by Gasteiger charge is 2.14. The van der Waals surface area contributed by atoms with Gasteiger partial charge in [-0.15, -0.1) is 11.3 Å². The molecule has 5 heteroatoms. The standard InChI is InChI=1S/C13H13NO3S/c1-17-11-6-2-5-10(12(11)15)13(16)14-8-9-4-3-7-18-9/h2-7,15H,8H2,1H3,(H,14,16). The van der Waals surface area contributed by atoms with Gasteiger partial charge in [-0.2, -0.15) is 0 Å². The normalized spacial score (nSPS) is 10.1. The molecular weight excluding hydrogens is 250 g/mol. The minimum absolute atomic E-state index is 0.135. The first-order chi connectivity index (χ1) is 8.72. The van der Waals surface area contributed by atoms with E-state index in [0.29, 0.717) is 12.3 Å². The van der Waals surface area contributed by atoms with Crippen LogP contribution in [0.1, 0.15) is 15.2 Å². The van der Waals surface area contributed by atoms with Gasteiger partial charge in [0, 0.05) is 4.88 Å². The number of hydrogen-bond acceptors (Lipinski definition) is 4. The summed E-state index contributed by atoms with van der Waals surface area (Å²) in [6.07, 6.45) is 0. The molecule has 94 valence electrons. The Kier molecular flexibility index (Phi) is 3.84. The Morgan fingerprint density at radius 1 is 1.39 bits per heavy atom. The Morgan fingerprint density at radius 3 is 2.89 bits per heavy atom. The molecule has 4 nitrogen and oxygen atoms in total. The lowest BCUT2D eigenvalue weighted by Gasteiger charge is -2.08. The molecule has 0 radical (unpaired) electrons. The molecule has 18 heavy (non-hydrogen) atoms. The Labute approximate surface area is 109 Å². The molecule has 0 spiro atoms. The van der Waals surface area contributed by atoms with Crippen LogP contribution in [0.3, 0.4) is 0 Å². The maximum atomic E-state index is 11.9. The topological polar surface area (TPSA) is 58.6 Å². The van der Waals surface area contributed by atoms with E-state index in [1.807, 2.05) is 17.5 Å². The van der Waals surface area contributed by atoms with E-state index in [1.54, 1.807) is 29.5 Å². The second-order valence-electron chi connectivity index (χ2n) is 3.62. The average Bonchev–Trinajstić information content (AvgIpc) is 2.89. The van der Waals surface area contributed by atoms with Crippen LogP contribution in [0, 0.1) is 0 Å². The maximum absolute atomic E-state index is 11.9. The van der Waals surface area contributed by atoms with Gasteiger partial charge in [-0.25, -0.2) is 0 Å². The number of amides is 1. The minimum atomic E-state index is -0.320. The molecule has 1 aromatic heterocycles. The van der Waals surface area contributed by atoms with Gasteiger partial charge in [-0.05, 0) is 23.6 Å². The van der Waals surface area contributed by atoms with Gasteiger partial charge in [0.25, 0.3) is 5.91 Å². The van der Waals surface area contributed by atoms with Crippen LogP contribution in [-0.4, -0.2) is 18.1 Å². The number of para-hydroxylation sites is 1. The van der Waals surface area contributed by atoms with Crippen molar-refractivity contribution in [2.45, 2.75) is 6.54 Å². The van der Waals surface area contributed by atoms with Gasteiger partial charge in [-0.1, -0.05) is 12.1 Å². The van der Waals surface area contributed by atoms with Crippen LogP contribution in [0.15, 0.2) is 35.7 Å². The molecule has 2 N–H and O–H groups in total. The summed E-state index contributed by atoms with van der Waals surface area (Å²) in [6.45, 7) is 0.452. The molecule has 0 aliphatic rings. The Morgan fingerprint density at radius 2 is 2.22 bits per heavy atom. The van der Waals surface area contributed by atoms with Crippen LogP contribution in [-0.2, 0) is 6.54 Å². The molecular formula is C13H13NO3S. The number of thiophene rings is 1. The summed E-state index contributed by atoms with van der Waals surface area (Å²) in [5, 5.41) is 14.5. The Hall–Kier alpha value is -2.01. The molecule has 0 fully saturated rings. The molecule has 2 aromatic rings. The fourth-order valence-electron chi connectivity index (χ4n) is 1.55. The fraction of sp³-hybridized carbons (Fsp3) is 0.154. The zero-order valence-corrected chi connectivity index (χ0v) is 10.7. The number of phenolic OH excluding ortho intramolecular Hbond substituents is 1. The van der Waals surface area contributed by atoms with Crippen LogP contribution in [0.25, 0.3) is 0 Å². The highest BCUT2D eigenvalue weighted by Crippen LogP contribution is 2.29. The first kappa shape index (κ1) is 12.4. The van der Waals surface area contributed by atoms with Crippen molar-refractivity contribution < 1.29 is 14.6 Å². The van der Waals surface area contributed by atoms with Crippen LogP contribution < -0.4 is 10.1 Å². The number of aromatic hydroxyl groups is 1. The number of carbonyl (C=O) groups is 1. The van der Waals surface area contributed by atoms with E-state index in [-0.39, 0.29) is 17.2 Å². The molecule has 0 aliphatic heterocycles. The molecule has 2 rings (SSSR count). The van der Waals surface area contributed by atoms with Crippen LogP contribution in [0.4, 0.5) is 0 Å². The molecule has 0 unspecified atom stereocenters. The number of benzene rings is 1. The summed E-state index contributed by atoms with van der Waals surface area (Å²) in [4.78, 5) is 13.0. The van der Waals surface area contributed by atoms with Crippen LogP contribution in [0.2, 0.25) is 0 Å². The number of hydrogen-bond donors (Lipinski definition) is 2. The third-order valence-corrected chi connectivity index (χ3v) is 3.34. The van der Waals surface area contributed by atoms with Crippen molar-refractivity contribution in [3.05, 3.63) is 46.2 Å². The van der Waals surface area contributed by atoms with Crippen molar-refractivity contribution in [2.75, 3.05) is 7.11 Å². The largest absolute Gasteiger partial charge is 0.504 e. The zero-order chi connectivity index (χ0) is 13.0. The second-order valence-corrected chi connectivity index (χ2v) is 4.65. The highest BCUT2D eigenvalue weighted by molar-refractivity contribution is 7.09. The lowest BCUT2D eigenvalue weighted by molar-refractivity contribution is 0.0948. The van der Waals surface area contributed by atoms with E-state index in [4.69, 9.17) is 4.74 Å². The SMILES string of the molecule is COc1cccc(C(=O)NCc2cccs2)c1O. The summed E-state index contributed by atoms with van der Waals surface area (Å²) >= 11 is 1.57. The predicted octanol–water partition coefficient (Wildman–Crippen LogP) is 2.39. The summed E-state index contributed by atoms with van der Waals surface area (Å²) in [5.41, 5.74) is 0.214. The molecule has 1 amide bonds. The molecule has 0 atom stereocenters. The minimum Gasteiger partial charge on any atom is -0.504 e.